The molecular formula is C32H22N2S. The molecule has 0 atom stereocenters. The highest BCUT2D eigenvalue weighted by Gasteiger charge is 2.36. The van der Waals surface area contributed by atoms with Crippen molar-refractivity contribution < 1.29 is 0 Å². The fraction of sp³-hybridized carbons (Fsp3) is 0.0938. The number of rotatable bonds is 1. The van der Waals surface area contributed by atoms with Crippen molar-refractivity contribution in [3.63, 3.8) is 0 Å². The number of fused-ring (bicyclic) bond motifs is 10. The highest BCUT2D eigenvalue weighted by atomic mass is 32.1. The van der Waals surface area contributed by atoms with E-state index in [1.165, 1.54) is 65.2 Å². The molecule has 2 aromatic heterocycles. The molecule has 1 aliphatic carbocycles. The minimum Gasteiger partial charge on any atom is -0.307 e. The van der Waals surface area contributed by atoms with Gasteiger partial charge in [-0.05, 0) is 45.8 Å². The van der Waals surface area contributed by atoms with Crippen LogP contribution in [0.4, 0.5) is 0 Å². The molecule has 2 nitrogen and oxygen atoms in total. The van der Waals surface area contributed by atoms with E-state index in [0.717, 1.165) is 5.52 Å². The predicted octanol–water partition coefficient (Wildman–Crippen LogP) is 8.85. The van der Waals surface area contributed by atoms with Crippen molar-refractivity contribution in [3.05, 3.63) is 108 Å². The molecule has 5 aromatic carbocycles. The average molecular weight is 467 g/mol. The van der Waals surface area contributed by atoms with Crippen LogP contribution in [-0.2, 0) is 5.41 Å². The smallest absolute Gasteiger partial charge is 0.0833 e. The summed E-state index contributed by atoms with van der Waals surface area (Å²) in [4.78, 5) is 4.61. The Hall–Kier alpha value is -3.95. The lowest BCUT2D eigenvalue weighted by Crippen LogP contribution is -2.14. The fourth-order valence-corrected chi connectivity index (χ4v) is 7.16. The van der Waals surface area contributed by atoms with Crippen molar-refractivity contribution >= 4 is 54.1 Å². The predicted molar refractivity (Wildman–Crippen MR) is 149 cm³/mol. The van der Waals surface area contributed by atoms with Crippen LogP contribution < -0.4 is 0 Å². The van der Waals surface area contributed by atoms with Crippen LogP contribution in [0.1, 0.15) is 25.0 Å². The molecule has 0 saturated carbocycles. The van der Waals surface area contributed by atoms with Gasteiger partial charge in [-0.2, -0.15) is 0 Å². The van der Waals surface area contributed by atoms with Crippen LogP contribution >= 0.6 is 11.3 Å². The Morgan fingerprint density at radius 3 is 2.40 bits per heavy atom. The van der Waals surface area contributed by atoms with E-state index in [1.807, 2.05) is 5.51 Å². The summed E-state index contributed by atoms with van der Waals surface area (Å²) in [7, 11) is 0. The summed E-state index contributed by atoms with van der Waals surface area (Å²) in [6.45, 7) is 4.70. The fourth-order valence-electron chi connectivity index (χ4n) is 6.36. The Bertz CT molecular complexity index is 1990. The molecule has 2 heterocycles. The molecule has 3 heteroatoms. The summed E-state index contributed by atoms with van der Waals surface area (Å²) < 4.78 is 3.69. The molecule has 0 amide bonds. The first-order chi connectivity index (χ1) is 17.1. The molecule has 35 heavy (non-hydrogen) atoms. The van der Waals surface area contributed by atoms with Crippen LogP contribution in [0.5, 0.6) is 0 Å². The number of hydrogen-bond acceptors (Lipinski definition) is 2. The van der Waals surface area contributed by atoms with Gasteiger partial charge in [0.05, 0.1) is 32.4 Å². The SMILES string of the molecule is CC1(C)c2ccccc2-c2c1ccc1c2ccc2c3ccccc3n(-c3cccc4ncsc34)c12. The molecular weight excluding hydrogens is 444 g/mol. The van der Waals surface area contributed by atoms with Gasteiger partial charge >= 0.3 is 0 Å². The van der Waals surface area contributed by atoms with Gasteiger partial charge in [0, 0.05) is 21.6 Å². The van der Waals surface area contributed by atoms with E-state index in [0.29, 0.717) is 0 Å². The third kappa shape index (κ3) is 2.36. The normalized spacial score (nSPS) is 14.2. The summed E-state index contributed by atoms with van der Waals surface area (Å²) in [5, 5.41) is 5.20. The van der Waals surface area contributed by atoms with Crippen LogP contribution in [0.2, 0.25) is 0 Å². The van der Waals surface area contributed by atoms with Crippen LogP contribution in [0.3, 0.4) is 0 Å². The number of thiazole rings is 1. The molecule has 0 unspecified atom stereocenters. The van der Waals surface area contributed by atoms with E-state index in [2.05, 4.69) is 114 Å². The molecule has 8 rings (SSSR count). The molecule has 0 N–H and O–H groups in total. The number of hydrogen-bond donors (Lipinski definition) is 0. The van der Waals surface area contributed by atoms with Gasteiger partial charge in [0.25, 0.3) is 0 Å². The summed E-state index contributed by atoms with van der Waals surface area (Å²) in [6, 6.07) is 33.6. The first kappa shape index (κ1) is 19.4. The second kappa shape index (κ2) is 6.59. The summed E-state index contributed by atoms with van der Waals surface area (Å²) in [5.41, 5.74) is 12.3. The zero-order valence-corrected chi connectivity index (χ0v) is 20.4. The molecule has 7 aromatic rings. The van der Waals surface area contributed by atoms with E-state index in [9.17, 15) is 0 Å². The Balaban J connectivity index is 1.60. The third-order valence-corrected chi connectivity index (χ3v) is 8.82. The molecule has 0 saturated heterocycles. The zero-order chi connectivity index (χ0) is 23.3. The largest absolute Gasteiger partial charge is 0.307 e. The second-order valence-corrected chi connectivity index (χ2v) is 10.9. The molecule has 0 radical (unpaired) electrons. The maximum absolute atomic E-state index is 4.61. The zero-order valence-electron chi connectivity index (χ0n) is 19.5. The van der Waals surface area contributed by atoms with Crippen molar-refractivity contribution in [2.24, 2.45) is 0 Å². The Kier molecular flexibility index (Phi) is 3.64. The maximum Gasteiger partial charge on any atom is 0.0833 e. The topological polar surface area (TPSA) is 17.8 Å². The maximum atomic E-state index is 4.61. The van der Waals surface area contributed by atoms with Crippen molar-refractivity contribution in [3.8, 4) is 16.8 Å². The van der Waals surface area contributed by atoms with Gasteiger partial charge in [-0.25, -0.2) is 4.98 Å². The molecule has 1 aliphatic rings. The minimum absolute atomic E-state index is 0.00396. The lowest BCUT2D eigenvalue weighted by molar-refractivity contribution is 0.661. The molecule has 0 fully saturated rings. The molecule has 0 bridgehead atoms. The molecule has 0 spiro atoms. The molecule has 0 aliphatic heterocycles. The number of benzene rings is 5. The third-order valence-electron chi connectivity index (χ3n) is 7.95. The van der Waals surface area contributed by atoms with Gasteiger partial charge in [0.2, 0.25) is 0 Å². The second-order valence-electron chi connectivity index (χ2n) is 10.0. The van der Waals surface area contributed by atoms with Crippen LogP contribution in [0.25, 0.3) is 59.6 Å². The molecule has 166 valence electrons. The summed E-state index contributed by atoms with van der Waals surface area (Å²) in [6.07, 6.45) is 0. The highest BCUT2D eigenvalue weighted by molar-refractivity contribution is 7.17. The monoisotopic (exact) mass is 466 g/mol. The average Bonchev–Trinajstić information content (AvgIpc) is 3.56. The van der Waals surface area contributed by atoms with Crippen molar-refractivity contribution in [1.29, 1.82) is 0 Å². The van der Waals surface area contributed by atoms with Crippen LogP contribution in [0.15, 0.2) is 96.5 Å². The first-order valence-corrected chi connectivity index (χ1v) is 12.9. The number of nitrogens with zero attached hydrogens (tertiary/aromatic N) is 2. The van der Waals surface area contributed by atoms with Crippen molar-refractivity contribution in [2.75, 3.05) is 0 Å². The van der Waals surface area contributed by atoms with Crippen molar-refractivity contribution in [2.45, 2.75) is 19.3 Å². The van der Waals surface area contributed by atoms with E-state index in [1.54, 1.807) is 11.3 Å². The van der Waals surface area contributed by atoms with E-state index in [4.69, 9.17) is 0 Å². The van der Waals surface area contributed by atoms with Crippen molar-refractivity contribution in [1.82, 2.24) is 9.55 Å². The van der Waals surface area contributed by atoms with Gasteiger partial charge in [0.1, 0.15) is 0 Å². The lowest BCUT2D eigenvalue weighted by Gasteiger charge is -2.21. The first-order valence-electron chi connectivity index (χ1n) is 12.1. The van der Waals surface area contributed by atoms with E-state index in [-0.39, 0.29) is 5.41 Å². The number of para-hydroxylation sites is 1. The summed E-state index contributed by atoms with van der Waals surface area (Å²) >= 11 is 1.71. The van der Waals surface area contributed by atoms with E-state index < -0.39 is 0 Å². The summed E-state index contributed by atoms with van der Waals surface area (Å²) in [5.74, 6) is 0. The van der Waals surface area contributed by atoms with Crippen LogP contribution in [0, 0.1) is 0 Å². The number of aromatic nitrogens is 2. The Morgan fingerprint density at radius 2 is 1.46 bits per heavy atom. The van der Waals surface area contributed by atoms with Gasteiger partial charge in [-0.1, -0.05) is 86.6 Å². The van der Waals surface area contributed by atoms with Gasteiger partial charge in [-0.3, -0.25) is 0 Å². The van der Waals surface area contributed by atoms with Gasteiger partial charge in [0.15, 0.2) is 0 Å². The lowest BCUT2D eigenvalue weighted by atomic mass is 9.82. The minimum atomic E-state index is -0.00396. The van der Waals surface area contributed by atoms with Gasteiger partial charge < -0.3 is 4.57 Å². The van der Waals surface area contributed by atoms with Gasteiger partial charge in [-0.15, -0.1) is 11.3 Å². The Morgan fingerprint density at radius 1 is 0.686 bits per heavy atom. The van der Waals surface area contributed by atoms with E-state index >= 15 is 0 Å². The Labute approximate surface area is 207 Å². The highest BCUT2D eigenvalue weighted by Crippen LogP contribution is 2.52. The quantitative estimate of drug-likeness (QED) is 0.236. The van der Waals surface area contributed by atoms with Crippen LogP contribution in [-0.4, -0.2) is 9.55 Å². The standard InChI is InChI=1S/C32H22N2S/c1-32(2)24-10-5-3-9-23(24)29-20-14-15-21-19-8-4-6-12-27(19)34(30(21)22(20)16-17-25(29)32)28-13-7-11-26-31(28)35-18-33-26/h3-18H,1-2H3.